The van der Waals surface area contributed by atoms with Gasteiger partial charge in [0.25, 0.3) is 15.9 Å². The van der Waals surface area contributed by atoms with E-state index in [1.165, 1.54) is 49.5 Å². The summed E-state index contributed by atoms with van der Waals surface area (Å²) in [5, 5.41) is 2.80. The van der Waals surface area contributed by atoms with Gasteiger partial charge >= 0.3 is 0 Å². The molecule has 0 atom stereocenters. The van der Waals surface area contributed by atoms with E-state index < -0.39 is 15.8 Å². The number of nitrogens with one attached hydrogen (secondary N) is 1. The monoisotopic (exact) mass is 412 g/mol. The first-order valence-electron chi connectivity index (χ1n) is 8.96. The van der Waals surface area contributed by atoms with Crippen molar-refractivity contribution in [2.24, 2.45) is 0 Å². The zero-order valence-electron chi connectivity index (χ0n) is 16.1. The van der Waals surface area contributed by atoms with E-state index in [4.69, 9.17) is 0 Å². The van der Waals surface area contributed by atoms with E-state index >= 15 is 0 Å². The maximum atomic E-state index is 13.1. The smallest absolute Gasteiger partial charge is 0.264 e. The van der Waals surface area contributed by atoms with E-state index in [9.17, 15) is 17.6 Å². The van der Waals surface area contributed by atoms with Gasteiger partial charge in [0.2, 0.25) is 0 Å². The number of rotatable bonds is 6. The highest BCUT2D eigenvalue weighted by molar-refractivity contribution is 7.92. The Kier molecular flexibility index (Phi) is 5.98. The Balaban J connectivity index is 1.78. The molecule has 7 heteroatoms. The molecule has 5 nitrogen and oxygen atoms in total. The van der Waals surface area contributed by atoms with Crippen LogP contribution >= 0.6 is 0 Å². The Bertz CT molecular complexity index is 1130. The Morgan fingerprint density at radius 2 is 1.69 bits per heavy atom. The van der Waals surface area contributed by atoms with E-state index in [1.54, 1.807) is 6.07 Å². The molecule has 0 heterocycles. The van der Waals surface area contributed by atoms with Gasteiger partial charge in [-0.1, -0.05) is 35.9 Å². The summed E-state index contributed by atoms with van der Waals surface area (Å²) in [5.41, 5.74) is 2.61. The van der Waals surface area contributed by atoms with Gasteiger partial charge in [0, 0.05) is 19.2 Å². The van der Waals surface area contributed by atoms with E-state index in [-0.39, 0.29) is 16.4 Å². The highest BCUT2D eigenvalue weighted by atomic mass is 32.2. The molecule has 0 saturated carbocycles. The quantitative estimate of drug-likeness (QED) is 0.668. The fourth-order valence-electron chi connectivity index (χ4n) is 2.85. The van der Waals surface area contributed by atoms with E-state index in [0.29, 0.717) is 12.2 Å². The van der Waals surface area contributed by atoms with Gasteiger partial charge in [-0.05, 0) is 55.0 Å². The van der Waals surface area contributed by atoms with Crippen LogP contribution in [0, 0.1) is 12.7 Å². The standard InChI is InChI=1S/C22H21FN2O3S/c1-16-5-3-6-17(13-16)15-24-22(26)18-7-4-8-21(14-18)29(27,28)25(2)20-11-9-19(23)10-12-20/h3-14H,15H2,1-2H3,(H,24,26). The maximum absolute atomic E-state index is 13.1. The number of carbonyl (C=O) groups excluding carboxylic acids is 1. The largest absolute Gasteiger partial charge is 0.348 e. The summed E-state index contributed by atoms with van der Waals surface area (Å²) in [6.45, 7) is 2.31. The van der Waals surface area contributed by atoms with Crippen molar-refractivity contribution >= 4 is 21.6 Å². The fourth-order valence-corrected chi connectivity index (χ4v) is 4.09. The van der Waals surface area contributed by atoms with Crippen molar-refractivity contribution in [1.29, 1.82) is 0 Å². The number of amides is 1. The molecule has 150 valence electrons. The van der Waals surface area contributed by atoms with Crippen LogP contribution in [0.25, 0.3) is 0 Å². The SMILES string of the molecule is Cc1cccc(CNC(=O)c2cccc(S(=O)(=O)N(C)c3ccc(F)cc3)c2)c1. The predicted octanol–water partition coefficient (Wildman–Crippen LogP) is 3.89. The van der Waals surface area contributed by atoms with Crippen LogP contribution in [-0.4, -0.2) is 21.4 Å². The van der Waals surface area contributed by atoms with Gasteiger partial charge in [-0.15, -0.1) is 0 Å². The van der Waals surface area contributed by atoms with Gasteiger partial charge in [0.05, 0.1) is 10.6 Å². The lowest BCUT2D eigenvalue weighted by Gasteiger charge is -2.19. The molecule has 3 aromatic rings. The van der Waals surface area contributed by atoms with Crippen molar-refractivity contribution in [3.05, 3.63) is 95.3 Å². The Morgan fingerprint density at radius 1 is 1.00 bits per heavy atom. The lowest BCUT2D eigenvalue weighted by atomic mass is 10.1. The molecular formula is C22H21FN2O3S. The first-order chi connectivity index (χ1) is 13.8. The lowest BCUT2D eigenvalue weighted by molar-refractivity contribution is 0.0950. The topological polar surface area (TPSA) is 66.5 Å². The molecule has 0 spiro atoms. The summed E-state index contributed by atoms with van der Waals surface area (Å²) in [5.74, 6) is -0.820. The van der Waals surface area contributed by atoms with Crippen molar-refractivity contribution < 1.29 is 17.6 Å². The molecule has 0 saturated heterocycles. The Labute approximate surface area is 169 Å². The lowest BCUT2D eigenvalue weighted by Crippen LogP contribution is -2.27. The third kappa shape index (κ3) is 4.81. The van der Waals surface area contributed by atoms with Crippen molar-refractivity contribution in [3.8, 4) is 0 Å². The molecule has 0 aliphatic carbocycles. The van der Waals surface area contributed by atoms with Crippen molar-refractivity contribution in [1.82, 2.24) is 5.32 Å². The van der Waals surface area contributed by atoms with E-state index in [1.807, 2.05) is 31.2 Å². The molecule has 0 radical (unpaired) electrons. The molecule has 0 aliphatic heterocycles. The van der Waals surface area contributed by atoms with Gasteiger partial charge in [0.1, 0.15) is 5.82 Å². The first-order valence-corrected chi connectivity index (χ1v) is 10.4. The summed E-state index contributed by atoms with van der Waals surface area (Å²) in [6, 6.07) is 18.7. The molecule has 1 amide bonds. The second-order valence-corrected chi connectivity index (χ2v) is 8.62. The minimum atomic E-state index is -3.90. The highest BCUT2D eigenvalue weighted by Crippen LogP contribution is 2.23. The van der Waals surface area contributed by atoms with E-state index in [2.05, 4.69) is 5.32 Å². The zero-order valence-corrected chi connectivity index (χ0v) is 16.9. The Hall–Kier alpha value is -3.19. The highest BCUT2D eigenvalue weighted by Gasteiger charge is 2.22. The van der Waals surface area contributed by atoms with Gasteiger partial charge in [-0.2, -0.15) is 0 Å². The minimum absolute atomic E-state index is 0.0208. The van der Waals surface area contributed by atoms with Gasteiger partial charge < -0.3 is 5.32 Å². The second kappa shape index (κ2) is 8.45. The molecule has 0 fully saturated rings. The summed E-state index contributed by atoms with van der Waals surface area (Å²) in [7, 11) is -2.52. The number of carbonyl (C=O) groups is 1. The molecule has 0 unspecified atom stereocenters. The number of hydrogen-bond donors (Lipinski definition) is 1. The number of benzene rings is 3. The maximum Gasteiger partial charge on any atom is 0.264 e. The number of anilines is 1. The Morgan fingerprint density at radius 3 is 2.38 bits per heavy atom. The molecule has 3 aromatic carbocycles. The first kappa shape index (κ1) is 20.5. The van der Waals surface area contributed by atoms with Gasteiger partial charge in [0.15, 0.2) is 0 Å². The molecule has 0 aliphatic rings. The van der Waals surface area contributed by atoms with Crippen molar-refractivity contribution in [2.75, 3.05) is 11.4 Å². The third-order valence-corrected chi connectivity index (χ3v) is 6.26. The summed E-state index contributed by atoms with van der Waals surface area (Å²) in [4.78, 5) is 12.5. The average molecular weight is 412 g/mol. The van der Waals surface area contributed by atoms with Crippen molar-refractivity contribution in [3.63, 3.8) is 0 Å². The third-order valence-electron chi connectivity index (χ3n) is 4.48. The van der Waals surface area contributed by atoms with Crippen LogP contribution in [-0.2, 0) is 16.6 Å². The molecule has 3 rings (SSSR count). The molecular weight excluding hydrogens is 391 g/mol. The molecule has 0 aromatic heterocycles. The van der Waals surface area contributed by atoms with Crippen LogP contribution in [0.5, 0.6) is 0 Å². The normalized spacial score (nSPS) is 11.1. The zero-order chi connectivity index (χ0) is 21.0. The number of aryl methyl sites for hydroxylation is 1. The number of sulfonamides is 1. The number of hydrogen-bond acceptors (Lipinski definition) is 3. The van der Waals surface area contributed by atoms with Crippen LogP contribution < -0.4 is 9.62 Å². The van der Waals surface area contributed by atoms with Crippen LogP contribution in [0.2, 0.25) is 0 Å². The summed E-state index contributed by atoms with van der Waals surface area (Å²) >= 11 is 0. The van der Waals surface area contributed by atoms with Crippen LogP contribution in [0.1, 0.15) is 21.5 Å². The van der Waals surface area contributed by atoms with E-state index in [0.717, 1.165) is 15.4 Å². The second-order valence-electron chi connectivity index (χ2n) is 6.65. The van der Waals surface area contributed by atoms with Crippen LogP contribution in [0.3, 0.4) is 0 Å². The predicted molar refractivity (Wildman–Crippen MR) is 111 cm³/mol. The number of halogens is 1. The van der Waals surface area contributed by atoms with Gasteiger partial charge in [-0.25, -0.2) is 12.8 Å². The van der Waals surface area contributed by atoms with Gasteiger partial charge in [-0.3, -0.25) is 9.10 Å². The summed E-state index contributed by atoms with van der Waals surface area (Å²) < 4.78 is 40.0. The minimum Gasteiger partial charge on any atom is -0.348 e. The molecule has 1 N–H and O–H groups in total. The molecule has 29 heavy (non-hydrogen) atoms. The van der Waals surface area contributed by atoms with Crippen molar-refractivity contribution in [2.45, 2.75) is 18.4 Å². The van der Waals surface area contributed by atoms with Crippen LogP contribution in [0.4, 0.5) is 10.1 Å². The molecule has 0 bridgehead atoms. The number of nitrogens with zero attached hydrogens (tertiary/aromatic N) is 1. The fraction of sp³-hybridized carbons (Fsp3) is 0.136. The van der Waals surface area contributed by atoms with Crippen LogP contribution in [0.15, 0.2) is 77.7 Å². The summed E-state index contributed by atoms with van der Waals surface area (Å²) in [6.07, 6.45) is 0. The average Bonchev–Trinajstić information content (AvgIpc) is 2.72.